The molecule has 0 atom stereocenters. The molecule has 0 radical (unpaired) electrons. The van der Waals surface area contributed by atoms with E-state index >= 15 is 0 Å². The Kier molecular flexibility index (Phi) is 7.73. The zero-order chi connectivity index (χ0) is 32.1. The second-order valence-electron chi connectivity index (χ2n) is 11.3. The largest absolute Gasteiger partial charge is 0.477 e. The fraction of sp³-hybridized carbons (Fsp3) is 0.212. The Morgan fingerprint density at radius 1 is 0.977 bits per heavy atom. The number of hydrogen-bond acceptors (Lipinski definition) is 6. The third-order valence-electron chi connectivity index (χ3n) is 7.40. The standard InChI is InChI=1S/C33H31FN2O7S/c1-19-13-23(34)14-20(2)30(19)43-28-12-11-22(33(3,4)40)15-24(28)26-17-35(5)31(37)29-25(26)16-27(32(38)39)36(29)44(41,42)18-21-9-7-6-8-10-21/h6-17,40H,18H2,1-5H3,(H,38,39). The van der Waals surface area contributed by atoms with Crippen LogP contribution in [0.2, 0.25) is 0 Å². The third-order valence-corrected chi connectivity index (χ3v) is 9.03. The molecule has 0 spiro atoms. The second kappa shape index (κ2) is 11.1. The topological polar surface area (TPSA) is 128 Å². The fourth-order valence-corrected chi connectivity index (χ4v) is 6.90. The van der Waals surface area contributed by atoms with Gasteiger partial charge in [0.05, 0.1) is 11.4 Å². The summed E-state index contributed by atoms with van der Waals surface area (Å²) in [6, 6.07) is 17.0. The summed E-state index contributed by atoms with van der Waals surface area (Å²) in [7, 11) is -2.97. The number of aryl methyl sites for hydroxylation is 3. The zero-order valence-corrected chi connectivity index (χ0v) is 25.6. The number of carboxylic acid groups (broad SMARTS) is 1. The quantitative estimate of drug-likeness (QED) is 0.223. The maximum absolute atomic E-state index is 14.1. The lowest BCUT2D eigenvalue weighted by Gasteiger charge is -2.22. The van der Waals surface area contributed by atoms with Crippen LogP contribution in [0.15, 0.2) is 77.7 Å². The van der Waals surface area contributed by atoms with Crippen molar-refractivity contribution in [3.05, 3.63) is 117 Å². The number of carbonyl (C=O) groups is 1. The minimum atomic E-state index is -4.40. The maximum atomic E-state index is 14.1. The monoisotopic (exact) mass is 618 g/mol. The molecule has 11 heteroatoms. The first-order chi connectivity index (χ1) is 20.6. The highest BCUT2D eigenvalue weighted by Crippen LogP contribution is 2.41. The van der Waals surface area contributed by atoms with Crippen molar-refractivity contribution in [3.8, 4) is 22.6 Å². The van der Waals surface area contributed by atoms with Crippen LogP contribution in [-0.4, -0.2) is 33.1 Å². The molecule has 2 heterocycles. The molecule has 0 bridgehead atoms. The van der Waals surface area contributed by atoms with E-state index in [2.05, 4.69) is 0 Å². The van der Waals surface area contributed by atoms with Gasteiger partial charge in [0, 0.05) is 29.8 Å². The van der Waals surface area contributed by atoms with Crippen LogP contribution in [0.3, 0.4) is 0 Å². The van der Waals surface area contributed by atoms with Gasteiger partial charge in [-0.2, -0.15) is 0 Å². The summed E-state index contributed by atoms with van der Waals surface area (Å²) >= 11 is 0. The van der Waals surface area contributed by atoms with E-state index in [0.29, 0.717) is 37.5 Å². The van der Waals surface area contributed by atoms with E-state index in [1.54, 1.807) is 76.2 Å². The van der Waals surface area contributed by atoms with E-state index in [9.17, 15) is 32.6 Å². The number of halogens is 1. The van der Waals surface area contributed by atoms with Crippen molar-refractivity contribution in [2.75, 3.05) is 0 Å². The molecular weight excluding hydrogens is 587 g/mol. The van der Waals surface area contributed by atoms with Crippen molar-refractivity contribution in [2.24, 2.45) is 7.05 Å². The summed E-state index contributed by atoms with van der Waals surface area (Å²) in [5.74, 6) is -1.86. The maximum Gasteiger partial charge on any atom is 0.353 e. The predicted molar refractivity (Wildman–Crippen MR) is 165 cm³/mol. The van der Waals surface area contributed by atoms with Crippen LogP contribution in [0.1, 0.15) is 46.6 Å². The van der Waals surface area contributed by atoms with Gasteiger partial charge >= 0.3 is 5.97 Å². The average Bonchev–Trinajstić information content (AvgIpc) is 3.35. The number of aliphatic hydroxyl groups is 1. The van der Waals surface area contributed by atoms with E-state index in [0.717, 1.165) is 6.07 Å². The number of ether oxygens (including phenoxy) is 1. The highest BCUT2D eigenvalue weighted by Gasteiger charge is 2.30. The molecule has 2 N–H and O–H groups in total. The summed E-state index contributed by atoms with van der Waals surface area (Å²) in [5, 5.41) is 21.0. The predicted octanol–water partition coefficient (Wildman–Crippen LogP) is 5.86. The zero-order valence-electron chi connectivity index (χ0n) is 24.8. The van der Waals surface area contributed by atoms with Gasteiger partial charge in [0.1, 0.15) is 28.5 Å². The lowest BCUT2D eigenvalue weighted by atomic mass is 9.93. The van der Waals surface area contributed by atoms with Gasteiger partial charge in [-0.25, -0.2) is 21.6 Å². The van der Waals surface area contributed by atoms with Crippen molar-refractivity contribution in [1.82, 2.24) is 8.54 Å². The van der Waals surface area contributed by atoms with Crippen LogP contribution in [0.5, 0.6) is 11.5 Å². The van der Waals surface area contributed by atoms with Crippen molar-refractivity contribution in [1.29, 1.82) is 0 Å². The van der Waals surface area contributed by atoms with Crippen LogP contribution >= 0.6 is 0 Å². The number of pyridine rings is 1. The van der Waals surface area contributed by atoms with E-state index in [1.165, 1.54) is 29.9 Å². The molecule has 0 aliphatic carbocycles. The lowest BCUT2D eigenvalue weighted by Crippen LogP contribution is -2.25. The first-order valence-electron chi connectivity index (χ1n) is 13.7. The second-order valence-corrected chi connectivity index (χ2v) is 13.1. The highest BCUT2D eigenvalue weighted by atomic mass is 32.2. The number of rotatable bonds is 8. The molecule has 0 saturated heterocycles. The summed E-state index contributed by atoms with van der Waals surface area (Å²) in [4.78, 5) is 26.0. The molecule has 228 valence electrons. The van der Waals surface area contributed by atoms with Crippen LogP contribution < -0.4 is 10.3 Å². The van der Waals surface area contributed by atoms with Gasteiger partial charge in [-0.15, -0.1) is 0 Å². The Hall–Kier alpha value is -4.74. The molecule has 0 saturated carbocycles. The Morgan fingerprint density at radius 3 is 2.20 bits per heavy atom. The number of aromatic nitrogens is 2. The molecular formula is C33H31FN2O7S. The van der Waals surface area contributed by atoms with Crippen molar-refractivity contribution in [2.45, 2.75) is 39.0 Å². The molecule has 5 aromatic rings. The van der Waals surface area contributed by atoms with E-state index in [4.69, 9.17) is 4.74 Å². The van der Waals surface area contributed by atoms with Gasteiger partial charge in [0.25, 0.3) is 5.56 Å². The summed E-state index contributed by atoms with van der Waals surface area (Å²) in [5.41, 5.74) is -0.390. The highest BCUT2D eigenvalue weighted by molar-refractivity contribution is 7.89. The average molecular weight is 619 g/mol. The van der Waals surface area contributed by atoms with Crippen molar-refractivity contribution in [3.63, 3.8) is 0 Å². The molecule has 0 amide bonds. The number of fused-ring (bicyclic) bond motifs is 1. The smallest absolute Gasteiger partial charge is 0.353 e. The fourth-order valence-electron chi connectivity index (χ4n) is 5.27. The Bertz CT molecular complexity index is 2090. The van der Waals surface area contributed by atoms with Gasteiger partial charge in [-0.1, -0.05) is 36.4 Å². The van der Waals surface area contributed by atoms with Crippen LogP contribution in [0.25, 0.3) is 22.0 Å². The molecule has 0 aliphatic heterocycles. The third kappa shape index (κ3) is 5.63. The van der Waals surface area contributed by atoms with Crippen LogP contribution in [-0.2, 0) is 28.4 Å². The summed E-state index contributed by atoms with van der Waals surface area (Å²) in [6.45, 7) is 6.56. The van der Waals surface area contributed by atoms with Gasteiger partial charge in [0.15, 0.2) is 0 Å². The Balaban J connectivity index is 1.84. The van der Waals surface area contributed by atoms with Gasteiger partial charge in [0.2, 0.25) is 10.0 Å². The number of benzene rings is 3. The van der Waals surface area contributed by atoms with Gasteiger partial charge in [-0.3, -0.25) is 4.79 Å². The molecule has 9 nitrogen and oxygen atoms in total. The molecule has 3 aromatic carbocycles. The molecule has 5 rings (SSSR count). The minimum Gasteiger partial charge on any atom is -0.477 e. The first kappa shape index (κ1) is 30.7. The van der Waals surface area contributed by atoms with Gasteiger partial charge < -0.3 is 19.5 Å². The SMILES string of the molecule is Cc1cc(F)cc(C)c1Oc1ccc(C(C)(C)O)cc1-c1cn(C)c(=O)c2c1cc(C(=O)O)n2S(=O)(=O)Cc1ccccc1. The van der Waals surface area contributed by atoms with Crippen molar-refractivity contribution < 1.29 is 32.6 Å². The molecule has 0 fully saturated rings. The molecule has 44 heavy (non-hydrogen) atoms. The minimum absolute atomic E-state index is 0.0624. The van der Waals surface area contributed by atoms with E-state index in [-0.39, 0.29) is 22.2 Å². The van der Waals surface area contributed by atoms with Gasteiger partial charge in [-0.05, 0) is 80.3 Å². The van der Waals surface area contributed by atoms with Crippen molar-refractivity contribution >= 4 is 26.9 Å². The van der Waals surface area contributed by atoms with E-state index in [1.807, 2.05) is 0 Å². The molecule has 0 unspecified atom stereocenters. The number of hydrogen-bond donors (Lipinski definition) is 2. The van der Waals surface area contributed by atoms with Crippen LogP contribution in [0, 0.1) is 19.7 Å². The number of aromatic carboxylic acids is 1. The lowest BCUT2D eigenvalue weighted by molar-refractivity contribution is 0.0689. The van der Waals surface area contributed by atoms with E-state index < -0.39 is 44.4 Å². The van der Waals surface area contributed by atoms with Crippen LogP contribution in [0.4, 0.5) is 4.39 Å². The molecule has 2 aromatic heterocycles. The Morgan fingerprint density at radius 2 is 1.61 bits per heavy atom. The summed E-state index contributed by atoms with van der Waals surface area (Å²) in [6.07, 6.45) is 1.46. The molecule has 0 aliphatic rings. The number of nitrogens with zero attached hydrogens (tertiary/aromatic N) is 2. The summed E-state index contributed by atoms with van der Waals surface area (Å²) < 4.78 is 49.7. The number of carboxylic acids is 1. The Labute approximate surface area is 253 Å². The first-order valence-corrected chi connectivity index (χ1v) is 15.3. The normalized spacial score (nSPS) is 12.1.